The molecule has 2 aromatic carbocycles. The Labute approximate surface area is 167 Å². The second-order valence-corrected chi connectivity index (χ2v) is 8.11. The number of carbonyl (C=O) groups is 1. The molecule has 2 heterocycles. The molecule has 1 amide bonds. The van der Waals surface area contributed by atoms with Crippen LogP contribution in [0, 0.1) is 0 Å². The fourth-order valence-corrected chi connectivity index (χ4v) is 3.47. The Balaban J connectivity index is 1.48. The van der Waals surface area contributed by atoms with Crippen molar-refractivity contribution in [1.82, 2.24) is 14.7 Å². The zero-order valence-electron chi connectivity index (χ0n) is 15.3. The van der Waals surface area contributed by atoms with Gasteiger partial charge in [-0.15, -0.1) is 0 Å². The maximum Gasteiger partial charge on any atom is 0.251 e. The lowest BCUT2D eigenvalue weighted by molar-refractivity contribution is 0.0951. The summed E-state index contributed by atoms with van der Waals surface area (Å²) >= 11 is 0. The summed E-state index contributed by atoms with van der Waals surface area (Å²) < 4.78 is 24.5. The van der Waals surface area contributed by atoms with Crippen LogP contribution in [0.25, 0.3) is 16.9 Å². The van der Waals surface area contributed by atoms with Gasteiger partial charge < -0.3 is 9.72 Å². The van der Waals surface area contributed by atoms with Crippen molar-refractivity contribution < 1.29 is 13.2 Å². The minimum Gasteiger partial charge on any atom is -0.348 e. The van der Waals surface area contributed by atoms with E-state index in [1.807, 2.05) is 40.9 Å². The van der Waals surface area contributed by atoms with Gasteiger partial charge in [-0.2, -0.15) is 0 Å². The molecule has 3 N–H and O–H groups in total. The number of aromatic nitrogens is 2. The van der Waals surface area contributed by atoms with E-state index in [9.17, 15) is 13.2 Å². The van der Waals surface area contributed by atoms with Gasteiger partial charge >= 0.3 is 0 Å². The molecule has 0 fully saturated rings. The number of pyridine rings is 1. The number of fused-ring (bicyclic) bond motifs is 1. The topological polar surface area (TPSA) is 107 Å². The van der Waals surface area contributed by atoms with Gasteiger partial charge in [0.2, 0.25) is 10.0 Å². The van der Waals surface area contributed by atoms with Gasteiger partial charge in [-0.1, -0.05) is 42.5 Å². The van der Waals surface area contributed by atoms with E-state index in [0.717, 1.165) is 16.8 Å². The number of carbonyl (C=O) groups excluding carboxylic acids is 1. The van der Waals surface area contributed by atoms with Crippen molar-refractivity contribution in [2.24, 2.45) is 5.14 Å². The van der Waals surface area contributed by atoms with Crippen molar-refractivity contribution in [3.8, 4) is 11.3 Å². The molecule has 0 atom stereocenters. The molecule has 0 radical (unpaired) electrons. The van der Waals surface area contributed by atoms with Gasteiger partial charge in [0.05, 0.1) is 10.6 Å². The molecule has 0 aliphatic heterocycles. The maximum absolute atomic E-state index is 12.5. The highest BCUT2D eigenvalue weighted by molar-refractivity contribution is 7.89. The van der Waals surface area contributed by atoms with Crippen LogP contribution in [0.4, 0.5) is 0 Å². The summed E-state index contributed by atoms with van der Waals surface area (Å²) in [5, 5.41) is 7.90. The molecule has 2 aromatic heterocycles. The van der Waals surface area contributed by atoms with Gasteiger partial charge in [0.15, 0.2) is 0 Å². The molecule has 0 bridgehead atoms. The fourth-order valence-electron chi connectivity index (χ4n) is 2.95. The highest BCUT2D eigenvalue weighted by Crippen LogP contribution is 2.19. The predicted molar refractivity (Wildman–Crippen MR) is 110 cm³/mol. The molecule has 4 rings (SSSR count). The van der Waals surface area contributed by atoms with Crippen LogP contribution in [0.15, 0.2) is 84.0 Å². The van der Waals surface area contributed by atoms with Crippen LogP contribution < -0.4 is 10.5 Å². The van der Waals surface area contributed by atoms with Crippen molar-refractivity contribution in [1.29, 1.82) is 0 Å². The van der Waals surface area contributed by atoms with Crippen LogP contribution in [0.5, 0.6) is 0 Å². The molecule has 0 saturated carbocycles. The van der Waals surface area contributed by atoms with Crippen LogP contribution in [0.1, 0.15) is 15.9 Å². The van der Waals surface area contributed by atoms with Crippen molar-refractivity contribution >= 4 is 21.6 Å². The highest BCUT2D eigenvalue weighted by atomic mass is 32.2. The van der Waals surface area contributed by atoms with Gasteiger partial charge in [-0.05, 0) is 29.8 Å². The average Bonchev–Trinajstić information content (AvgIpc) is 3.16. The Hall–Kier alpha value is -3.49. The second kappa shape index (κ2) is 7.50. The van der Waals surface area contributed by atoms with Crippen molar-refractivity contribution in [2.75, 3.05) is 0 Å². The van der Waals surface area contributed by atoms with Crippen LogP contribution >= 0.6 is 0 Å². The molecule has 0 aliphatic rings. The number of nitrogens with two attached hydrogens (primary N) is 1. The van der Waals surface area contributed by atoms with Crippen LogP contribution in [-0.4, -0.2) is 23.7 Å². The number of benzene rings is 2. The lowest BCUT2D eigenvalue weighted by atomic mass is 10.2. The molecule has 0 saturated heterocycles. The Bertz CT molecular complexity index is 1280. The zero-order chi connectivity index (χ0) is 20.4. The number of nitrogens with one attached hydrogen (secondary N) is 1. The van der Waals surface area contributed by atoms with E-state index in [0.29, 0.717) is 11.2 Å². The number of imidazole rings is 1. The lowest BCUT2D eigenvalue weighted by Gasteiger charge is -2.06. The summed E-state index contributed by atoms with van der Waals surface area (Å²) in [5.41, 5.74) is 3.76. The normalized spacial score (nSPS) is 11.5. The Morgan fingerprint density at radius 3 is 2.45 bits per heavy atom. The van der Waals surface area contributed by atoms with Crippen LogP contribution in [0.2, 0.25) is 0 Å². The SMILES string of the molecule is NS(=O)(=O)c1ccc(CNC(=O)c2ccn3cc(-c4ccccc4)nc3c2)cc1. The van der Waals surface area contributed by atoms with E-state index in [1.165, 1.54) is 12.1 Å². The minimum atomic E-state index is -3.73. The Morgan fingerprint density at radius 1 is 1.03 bits per heavy atom. The fraction of sp³-hybridized carbons (Fsp3) is 0.0476. The summed E-state index contributed by atoms with van der Waals surface area (Å²) in [6.45, 7) is 0.263. The van der Waals surface area contributed by atoms with Crippen molar-refractivity contribution in [2.45, 2.75) is 11.4 Å². The highest BCUT2D eigenvalue weighted by Gasteiger charge is 2.10. The molecule has 0 aliphatic carbocycles. The second-order valence-electron chi connectivity index (χ2n) is 6.54. The quantitative estimate of drug-likeness (QED) is 0.531. The smallest absolute Gasteiger partial charge is 0.251 e. The van der Waals surface area contributed by atoms with Crippen LogP contribution in [-0.2, 0) is 16.6 Å². The van der Waals surface area contributed by atoms with Gasteiger partial charge in [0.25, 0.3) is 5.91 Å². The molecule has 146 valence electrons. The summed E-state index contributed by atoms with van der Waals surface area (Å²) in [6, 6.07) is 19.3. The van der Waals surface area contributed by atoms with Crippen molar-refractivity contribution in [3.63, 3.8) is 0 Å². The molecule has 8 heteroatoms. The zero-order valence-corrected chi connectivity index (χ0v) is 16.1. The van der Waals surface area contributed by atoms with Gasteiger partial charge in [-0.3, -0.25) is 4.79 Å². The minimum absolute atomic E-state index is 0.0338. The molecule has 7 nitrogen and oxygen atoms in total. The van der Waals surface area contributed by atoms with Crippen molar-refractivity contribution in [3.05, 3.63) is 90.3 Å². The summed E-state index contributed by atoms with van der Waals surface area (Å²) in [4.78, 5) is 17.1. The number of hydrogen-bond acceptors (Lipinski definition) is 4. The third-order valence-electron chi connectivity index (χ3n) is 4.50. The monoisotopic (exact) mass is 406 g/mol. The molecular formula is C21H18N4O3S. The van der Waals surface area contributed by atoms with Crippen LogP contribution in [0.3, 0.4) is 0 Å². The Morgan fingerprint density at radius 2 is 1.76 bits per heavy atom. The van der Waals surface area contributed by atoms with Gasteiger partial charge in [0.1, 0.15) is 5.65 Å². The largest absolute Gasteiger partial charge is 0.348 e. The first kappa shape index (κ1) is 18.9. The number of primary sulfonamides is 1. The summed E-state index contributed by atoms with van der Waals surface area (Å²) in [5.74, 6) is -0.243. The molecule has 0 spiro atoms. The van der Waals surface area contributed by atoms with E-state index >= 15 is 0 Å². The summed E-state index contributed by atoms with van der Waals surface area (Å²) in [7, 11) is -3.73. The number of hydrogen-bond donors (Lipinski definition) is 2. The average molecular weight is 406 g/mol. The first-order chi connectivity index (χ1) is 13.9. The van der Waals surface area contributed by atoms with E-state index < -0.39 is 10.0 Å². The third-order valence-corrected chi connectivity index (χ3v) is 5.43. The van der Waals surface area contributed by atoms with E-state index in [4.69, 9.17) is 5.14 Å². The number of sulfonamides is 1. The molecule has 29 heavy (non-hydrogen) atoms. The molecular weight excluding hydrogens is 388 g/mol. The third kappa shape index (κ3) is 4.18. The lowest BCUT2D eigenvalue weighted by Crippen LogP contribution is -2.23. The first-order valence-electron chi connectivity index (χ1n) is 8.84. The standard InChI is InChI=1S/C21H18N4O3S/c22-29(27,28)18-8-6-15(7-9-18)13-23-21(26)17-10-11-25-14-19(24-20(25)12-17)16-4-2-1-3-5-16/h1-12,14H,13H2,(H,23,26)(H2,22,27,28). The van der Waals surface area contributed by atoms with E-state index in [1.54, 1.807) is 30.5 Å². The van der Waals surface area contributed by atoms with E-state index in [2.05, 4.69) is 10.3 Å². The summed E-state index contributed by atoms with van der Waals surface area (Å²) in [6.07, 6.45) is 3.71. The Kier molecular flexibility index (Phi) is 4.87. The molecule has 4 aromatic rings. The van der Waals surface area contributed by atoms with Gasteiger partial charge in [-0.25, -0.2) is 18.5 Å². The first-order valence-corrected chi connectivity index (χ1v) is 10.4. The number of nitrogens with zero attached hydrogens (tertiary/aromatic N) is 2. The maximum atomic E-state index is 12.5. The van der Waals surface area contributed by atoms with Gasteiger partial charge in [0, 0.05) is 30.1 Å². The number of rotatable bonds is 5. The molecule has 0 unspecified atom stereocenters. The van der Waals surface area contributed by atoms with E-state index in [-0.39, 0.29) is 17.3 Å². The number of amides is 1. The predicted octanol–water partition coefficient (Wildman–Crippen LogP) is 2.58.